The number of benzene rings is 1. The third-order valence-electron chi connectivity index (χ3n) is 3.28. The Morgan fingerprint density at radius 2 is 1.88 bits per heavy atom. The van der Waals surface area contributed by atoms with Crippen LogP contribution in [0.3, 0.4) is 0 Å². The Labute approximate surface area is 154 Å². The predicted molar refractivity (Wildman–Crippen MR) is 98.0 cm³/mol. The summed E-state index contributed by atoms with van der Waals surface area (Å²) in [6.07, 6.45) is 5.54. The minimum Gasteiger partial charge on any atom is -0.325 e. The smallest absolute Gasteiger partial charge is 0.275 e. The van der Waals surface area contributed by atoms with Crippen LogP contribution in [0, 0.1) is 0 Å². The first-order valence-electron chi connectivity index (χ1n) is 7.55. The van der Waals surface area contributed by atoms with Crippen LogP contribution in [0.15, 0.2) is 30.7 Å². The first-order valence-corrected chi connectivity index (χ1v) is 8.30. The highest BCUT2D eigenvalue weighted by atomic mass is 35.5. The molecule has 0 radical (unpaired) electrons. The molecule has 7 nitrogen and oxygen atoms in total. The second-order valence-electron chi connectivity index (χ2n) is 5.24. The Bertz CT molecular complexity index is 747. The van der Waals surface area contributed by atoms with Gasteiger partial charge in [0.2, 0.25) is 5.91 Å². The number of nitrogens with zero attached hydrogens (tertiary/aromatic N) is 2. The van der Waals surface area contributed by atoms with Gasteiger partial charge in [-0.1, -0.05) is 36.5 Å². The first-order chi connectivity index (χ1) is 11.9. The van der Waals surface area contributed by atoms with Gasteiger partial charge in [-0.15, -0.1) is 0 Å². The van der Waals surface area contributed by atoms with Crippen LogP contribution in [-0.2, 0) is 4.79 Å². The molecule has 2 aromatic rings. The summed E-state index contributed by atoms with van der Waals surface area (Å²) in [4.78, 5) is 31.8. The van der Waals surface area contributed by atoms with E-state index in [1.807, 2.05) is 6.92 Å². The number of amides is 2. The Morgan fingerprint density at radius 3 is 2.44 bits per heavy atom. The lowest BCUT2D eigenvalue weighted by Crippen LogP contribution is -2.35. The van der Waals surface area contributed by atoms with Crippen LogP contribution in [0.25, 0.3) is 0 Å². The van der Waals surface area contributed by atoms with E-state index in [0.29, 0.717) is 12.1 Å². The van der Waals surface area contributed by atoms with Gasteiger partial charge in [-0.25, -0.2) is 4.98 Å². The molecule has 1 aromatic carbocycles. The van der Waals surface area contributed by atoms with E-state index in [1.165, 1.54) is 30.7 Å². The third-order valence-corrected chi connectivity index (χ3v) is 3.88. The van der Waals surface area contributed by atoms with Crippen molar-refractivity contribution in [3.05, 3.63) is 46.5 Å². The molecule has 0 bridgehead atoms. The fourth-order valence-corrected chi connectivity index (χ4v) is 2.62. The number of nitrogens with two attached hydrogens (primary N) is 1. The molecule has 1 atom stereocenters. The van der Waals surface area contributed by atoms with Crippen LogP contribution >= 0.6 is 23.2 Å². The normalized spacial score (nSPS) is 11.7. The van der Waals surface area contributed by atoms with E-state index in [4.69, 9.17) is 28.9 Å². The lowest BCUT2D eigenvalue weighted by atomic mass is 10.1. The van der Waals surface area contributed by atoms with E-state index in [9.17, 15) is 9.59 Å². The molecular weight excluding hydrogens is 365 g/mol. The zero-order valence-corrected chi connectivity index (χ0v) is 14.9. The Kier molecular flexibility index (Phi) is 6.69. The monoisotopic (exact) mass is 381 g/mol. The fourth-order valence-electron chi connectivity index (χ4n) is 2.04. The molecule has 132 valence electrons. The molecule has 0 spiro atoms. The van der Waals surface area contributed by atoms with Gasteiger partial charge in [0.15, 0.2) is 0 Å². The van der Waals surface area contributed by atoms with E-state index in [1.54, 1.807) is 0 Å². The van der Waals surface area contributed by atoms with Crippen molar-refractivity contribution in [2.24, 2.45) is 5.73 Å². The number of nitrogens with one attached hydrogen (secondary N) is 2. The van der Waals surface area contributed by atoms with E-state index >= 15 is 0 Å². The zero-order chi connectivity index (χ0) is 18.4. The second kappa shape index (κ2) is 8.75. The van der Waals surface area contributed by atoms with Crippen LogP contribution < -0.4 is 16.4 Å². The molecule has 1 heterocycles. The maximum absolute atomic E-state index is 12.1. The van der Waals surface area contributed by atoms with Crippen LogP contribution in [0.4, 0.5) is 11.4 Å². The highest BCUT2D eigenvalue weighted by Crippen LogP contribution is 2.34. The number of halogens is 2. The minimum atomic E-state index is -0.612. The summed E-state index contributed by atoms with van der Waals surface area (Å²) in [6, 6.07) is 2.35. The van der Waals surface area contributed by atoms with Crippen LogP contribution in [-0.4, -0.2) is 27.8 Å². The molecule has 0 aliphatic heterocycles. The molecule has 0 aliphatic carbocycles. The number of aromatic nitrogens is 2. The minimum absolute atomic E-state index is 0.123. The van der Waals surface area contributed by atoms with Gasteiger partial charge < -0.3 is 16.4 Å². The van der Waals surface area contributed by atoms with Gasteiger partial charge in [0.25, 0.3) is 5.91 Å². The topological polar surface area (TPSA) is 110 Å². The summed E-state index contributed by atoms with van der Waals surface area (Å²) in [6.45, 7) is 1.94. The number of carbonyl (C=O) groups is 2. The second-order valence-corrected chi connectivity index (χ2v) is 6.06. The summed E-state index contributed by atoms with van der Waals surface area (Å²) >= 11 is 12.3. The lowest BCUT2D eigenvalue weighted by molar-refractivity contribution is -0.117. The predicted octanol–water partition coefficient (Wildman–Crippen LogP) is 3.10. The molecule has 25 heavy (non-hydrogen) atoms. The average molecular weight is 382 g/mol. The van der Waals surface area contributed by atoms with Gasteiger partial charge in [0.1, 0.15) is 5.69 Å². The SMILES string of the molecule is CCCC(N)C(=O)Nc1cc(Cl)c(NC(=O)c2cnccn2)c(Cl)c1. The van der Waals surface area contributed by atoms with Crippen molar-refractivity contribution in [1.82, 2.24) is 9.97 Å². The first kappa shape index (κ1) is 19.1. The number of anilines is 2. The van der Waals surface area contributed by atoms with Crippen molar-refractivity contribution >= 4 is 46.4 Å². The summed E-state index contributed by atoms with van der Waals surface area (Å²) in [5.74, 6) is -0.830. The van der Waals surface area contributed by atoms with Crippen molar-refractivity contribution in [2.45, 2.75) is 25.8 Å². The van der Waals surface area contributed by atoms with Crippen molar-refractivity contribution in [2.75, 3.05) is 10.6 Å². The summed E-state index contributed by atoms with van der Waals surface area (Å²) < 4.78 is 0. The molecule has 2 rings (SSSR count). The van der Waals surface area contributed by atoms with Gasteiger partial charge in [-0.2, -0.15) is 0 Å². The van der Waals surface area contributed by atoms with Gasteiger partial charge in [-0.3, -0.25) is 14.6 Å². The van der Waals surface area contributed by atoms with E-state index in [0.717, 1.165) is 6.42 Å². The maximum Gasteiger partial charge on any atom is 0.275 e. The van der Waals surface area contributed by atoms with Crippen molar-refractivity contribution < 1.29 is 9.59 Å². The van der Waals surface area contributed by atoms with Crippen molar-refractivity contribution in [3.63, 3.8) is 0 Å². The number of carbonyl (C=O) groups excluding carboxylic acids is 2. The molecule has 0 fully saturated rings. The summed E-state index contributed by atoms with van der Waals surface area (Å²) in [5.41, 5.74) is 6.50. The highest BCUT2D eigenvalue weighted by molar-refractivity contribution is 6.40. The standard InChI is InChI=1S/C16H17Cl2N5O2/c1-2-3-12(19)15(24)22-9-6-10(17)14(11(18)7-9)23-16(25)13-8-20-4-5-21-13/h4-8,12H,2-3,19H2,1H3,(H,22,24)(H,23,25). The van der Waals surface area contributed by atoms with E-state index < -0.39 is 11.9 Å². The molecule has 0 saturated heterocycles. The molecule has 1 aromatic heterocycles. The van der Waals surface area contributed by atoms with Gasteiger partial charge in [-0.05, 0) is 18.6 Å². The molecule has 9 heteroatoms. The molecule has 0 aliphatic rings. The van der Waals surface area contributed by atoms with Crippen LogP contribution in [0.2, 0.25) is 10.0 Å². The highest BCUT2D eigenvalue weighted by Gasteiger charge is 2.17. The number of hydrogen-bond acceptors (Lipinski definition) is 5. The average Bonchev–Trinajstić information content (AvgIpc) is 2.59. The van der Waals surface area contributed by atoms with E-state index in [-0.39, 0.29) is 27.3 Å². The molecular formula is C16H17Cl2N5O2. The van der Waals surface area contributed by atoms with Crippen LogP contribution in [0.1, 0.15) is 30.3 Å². The van der Waals surface area contributed by atoms with E-state index in [2.05, 4.69) is 20.6 Å². The summed E-state index contributed by atoms with van der Waals surface area (Å²) in [5, 5.41) is 5.57. The zero-order valence-electron chi connectivity index (χ0n) is 13.4. The number of hydrogen-bond donors (Lipinski definition) is 3. The van der Waals surface area contributed by atoms with Gasteiger partial charge in [0, 0.05) is 18.1 Å². The maximum atomic E-state index is 12.1. The Morgan fingerprint density at radius 1 is 1.20 bits per heavy atom. The van der Waals surface area contributed by atoms with Crippen molar-refractivity contribution in [1.29, 1.82) is 0 Å². The Balaban J connectivity index is 2.14. The number of rotatable bonds is 6. The Hall–Kier alpha value is -2.22. The third kappa shape index (κ3) is 5.12. The molecule has 4 N–H and O–H groups in total. The van der Waals surface area contributed by atoms with Gasteiger partial charge in [0.05, 0.1) is 28.0 Å². The molecule has 2 amide bonds. The lowest BCUT2D eigenvalue weighted by Gasteiger charge is -2.14. The molecule has 1 unspecified atom stereocenters. The largest absolute Gasteiger partial charge is 0.325 e. The quantitative estimate of drug-likeness (QED) is 0.711. The van der Waals surface area contributed by atoms with Crippen LogP contribution in [0.5, 0.6) is 0 Å². The van der Waals surface area contributed by atoms with Gasteiger partial charge >= 0.3 is 0 Å². The van der Waals surface area contributed by atoms with Crippen molar-refractivity contribution in [3.8, 4) is 0 Å². The molecule has 0 saturated carbocycles. The fraction of sp³-hybridized carbons (Fsp3) is 0.250. The summed E-state index contributed by atoms with van der Waals surface area (Å²) in [7, 11) is 0.